The van der Waals surface area contributed by atoms with Crippen LogP contribution in [0.15, 0.2) is 24.3 Å². The zero-order chi connectivity index (χ0) is 34.3. The van der Waals surface area contributed by atoms with Gasteiger partial charge in [0.15, 0.2) is 0 Å². The molecule has 0 bridgehead atoms. The summed E-state index contributed by atoms with van der Waals surface area (Å²) >= 11 is 0. The van der Waals surface area contributed by atoms with Crippen LogP contribution in [0.3, 0.4) is 0 Å². The molecule has 278 valence electrons. The van der Waals surface area contributed by atoms with Crippen LogP contribution in [0.5, 0.6) is 0 Å². The zero-order valence-electron chi connectivity index (χ0n) is 33.4. The quantitative estimate of drug-likeness (QED) is 0.0514. The maximum atomic E-state index is 6.52. The van der Waals surface area contributed by atoms with Crippen LogP contribution in [0.25, 0.3) is 0 Å². The predicted octanol–water partition coefficient (Wildman–Crippen LogP) is 15.1. The second-order valence-electron chi connectivity index (χ2n) is 16.6. The van der Waals surface area contributed by atoms with E-state index in [1.165, 1.54) is 199 Å². The van der Waals surface area contributed by atoms with Crippen molar-refractivity contribution in [1.29, 1.82) is 0 Å². The van der Waals surface area contributed by atoms with Gasteiger partial charge in [-0.3, -0.25) is 4.90 Å². The summed E-state index contributed by atoms with van der Waals surface area (Å²) in [5.74, 6) is 0. The molecule has 1 aliphatic heterocycles. The molecular weight excluding hydrogens is 571 g/mol. The predicted molar refractivity (Wildman–Crippen MR) is 213 cm³/mol. The summed E-state index contributed by atoms with van der Waals surface area (Å²) in [6.07, 6.45) is 50.9. The second kappa shape index (κ2) is 30.2. The molecule has 2 nitrogen and oxygen atoms in total. The Hall–Kier alpha value is -0.600. The van der Waals surface area contributed by atoms with E-state index in [0.29, 0.717) is 6.10 Å². The van der Waals surface area contributed by atoms with Crippen molar-refractivity contribution in [3.05, 3.63) is 24.3 Å². The van der Waals surface area contributed by atoms with Gasteiger partial charge in [-0.2, -0.15) is 0 Å². The fourth-order valence-corrected chi connectivity index (χ4v) is 8.07. The SMILES string of the molecule is CCCCCCCC/C=C\CCCCCCCCOC1CC(C)(C)N(CCCCCCCC/C=C\CCCCCCCC)C(C)(C)C1. The number of allylic oxidation sites excluding steroid dienone is 4. The average molecular weight is 658 g/mol. The van der Waals surface area contributed by atoms with Crippen molar-refractivity contribution >= 4 is 0 Å². The molecule has 1 rings (SSSR count). The Morgan fingerprint density at radius 3 is 1.15 bits per heavy atom. The van der Waals surface area contributed by atoms with Gasteiger partial charge >= 0.3 is 0 Å². The molecule has 1 heterocycles. The van der Waals surface area contributed by atoms with E-state index in [9.17, 15) is 0 Å². The number of rotatable bonds is 33. The first-order valence-electron chi connectivity index (χ1n) is 21.5. The van der Waals surface area contributed by atoms with Crippen molar-refractivity contribution in [2.24, 2.45) is 0 Å². The van der Waals surface area contributed by atoms with Crippen molar-refractivity contribution in [3.8, 4) is 0 Å². The van der Waals surface area contributed by atoms with E-state index < -0.39 is 0 Å². The Balaban J connectivity index is 2.02. The highest BCUT2D eigenvalue weighted by atomic mass is 16.5. The molecule has 0 radical (unpaired) electrons. The second-order valence-corrected chi connectivity index (χ2v) is 16.6. The van der Waals surface area contributed by atoms with Crippen molar-refractivity contribution in [2.75, 3.05) is 13.2 Å². The Morgan fingerprint density at radius 2 is 0.766 bits per heavy atom. The third-order valence-corrected chi connectivity index (χ3v) is 10.8. The number of hydrogen-bond donors (Lipinski definition) is 0. The minimum Gasteiger partial charge on any atom is -0.378 e. The number of piperidine rings is 1. The van der Waals surface area contributed by atoms with E-state index in [0.717, 1.165) is 6.61 Å². The van der Waals surface area contributed by atoms with Gasteiger partial charge in [-0.15, -0.1) is 0 Å². The first-order valence-corrected chi connectivity index (χ1v) is 21.5. The van der Waals surface area contributed by atoms with Crippen molar-refractivity contribution < 1.29 is 4.74 Å². The fraction of sp³-hybridized carbons (Fsp3) is 0.911. The van der Waals surface area contributed by atoms with Gasteiger partial charge in [0.05, 0.1) is 6.10 Å². The molecule has 0 amide bonds. The molecule has 0 N–H and O–H groups in total. The van der Waals surface area contributed by atoms with Gasteiger partial charge in [0.25, 0.3) is 0 Å². The molecule has 0 saturated carbocycles. The average Bonchev–Trinajstić information content (AvgIpc) is 3.02. The Bertz CT molecular complexity index is 703. The van der Waals surface area contributed by atoms with Gasteiger partial charge in [-0.1, -0.05) is 154 Å². The highest BCUT2D eigenvalue weighted by Crippen LogP contribution is 2.40. The first-order chi connectivity index (χ1) is 22.8. The molecule has 0 aliphatic carbocycles. The standard InChI is InChI=1S/C45H87NO/c1-7-9-11-13-15-17-19-21-23-25-27-29-31-33-35-37-39-46-44(3,4)41-43(42-45(46,5)6)47-40-38-36-34-32-30-28-26-24-22-20-18-16-14-12-10-8-2/h21-24,43H,7-20,25-42H2,1-6H3/b23-21-,24-22-. The molecule has 2 heteroatoms. The normalized spacial score (nSPS) is 17.1. The number of likely N-dealkylation sites (tertiary alicyclic amines) is 1. The van der Waals surface area contributed by atoms with E-state index in [-0.39, 0.29) is 11.1 Å². The summed E-state index contributed by atoms with van der Waals surface area (Å²) in [4.78, 5) is 2.82. The summed E-state index contributed by atoms with van der Waals surface area (Å²) in [6.45, 7) is 16.6. The van der Waals surface area contributed by atoms with E-state index in [4.69, 9.17) is 4.74 Å². The topological polar surface area (TPSA) is 12.5 Å². The molecule has 0 aromatic carbocycles. The highest BCUT2D eigenvalue weighted by molar-refractivity contribution is 5.00. The van der Waals surface area contributed by atoms with E-state index >= 15 is 0 Å². The van der Waals surface area contributed by atoms with Gasteiger partial charge in [-0.05, 0) is 111 Å². The van der Waals surface area contributed by atoms with Gasteiger partial charge in [-0.25, -0.2) is 0 Å². The summed E-state index contributed by atoms with van der Waals surface area (Å²) in [5, 5.41) is 0. The highest BCUT2D eigenvalue weighted by Gasteiger charge is 2.45. The van der Waals surface area contributed by atoms with Gasteiger partial charge < -0.3 is 4.74 Å². The Labute approximate surface area is 297 Å². The molecule has 0 aromatic rings. The van der Waals surface area contributed by atoms with Crippen LogP contribution in [0, 0.1) is 0 Å². The Morgan fingerprint density at radius 1 is 0.447 bits per heavy atom. The minimum absolute atomic E-state index is 0.220. The lowest BCUT2D eigenvalue weighted by atomic mass is 9.78. The smallest absolute Gasteiger partial charge is 0.0610 e. The van der Waals surface area contributed by atoms with Crippen molar-refractivity contribution in [3.63, 3.8) is 0 Å². The van der Waals surface area contributed by atoms with E-state index in [1.54, 1.807) is 0 Å². The molecule has 0 unspecified atom stereocenters. The lowest BCUT2D eigenvalue weighted by molar-refractivity contribution is -0.104. The Kier molecular flexibility index (Phi) is 28.6. The molecule has 0 atom stereocenters. The number of hydrogen-bond acceptors (Lipinski definition) is 2. The summed E-state index contributed by atoms with van der Waals surface area (Å²) < 4.78 is 6.52. The van der Waals surface area contributed by atoms with Crippen LogP contribution >= 0.6 is 0 Å². The molecule has 1 saturated heterocycles. The fourth-order valence-electron chi connectivity index (χ4n) is 8.07. The molecule has 1 fully saturated rings. The van der Waals surface area contributed by atoms with Crippen LogP contribution in [0.4, 0.5) is 0 Å². The van der Waals surface area contributed by atoms with Crippen molar-refractivity contribution in [1.82, 2.24) is 4.90 Å². The maximum absolute atomic E-state index is 6.52. The molecular formula is C45H87NO. The monoisotopic (exact) mass is 658 g/mol. The number of ether oxygens (including phenoxy) is 1. The lowest BCUT2D eigenvalue weighted by Gasteiger charge is -2.55. The zero-order valence-corrected chi connectivity index (χ0v) is 33.4. The van der Waals surface area contributed by atoms with E-state index in [1.807, 2.05) is 0 Å². The van der Waals surface area contributed by atoms with Crippen molar-refractivity contribution in [2.45, 2.75) is 251 Å². The van der Waals surface area contributed by atoms with Gasteiger partial charge in [0.1, 0.15) is 0 Å². The van der Waals surface area contributed by atoms with Gasteiger partial charge in [0.2, 0.25) is 0 Å². The molecule has 1 aliphatic rings. The third kappa shape index (κ3) is 25.1. The number of unbranched alkanes of at least 4 members (excludes halogenated alkanes) is 24. The van der Waals surface area contributed by atoms with Crippen LogP contribution in [0.2, 0.25) is 0 Å². The summed E-state index contributed by atoms with van der Waals surface area (Å²) in [7, 11) is 0. The van der Waals surface area contributed by atoms with Gasteiger partial charge in [0, 0.05) is 17.7 Å². The largest absolute Gasteiger partial charge is 0.378 e. The lowest BCUT2D eigenvalue weighted by Crippen LogP contribution is -2.62. The first kappa shape index (κ1) is 44.4. The maximum Gasteiger partial charge on any atom is 0.0610 e. The minimum atomic E-state index is 0.220. The molecule has 0 aromatic heterocycles. The summed E-state index contributed by atoms with van der Waals surface area (Å²) in [5.41, 5.74) is 0.439. The van der Waals surface area contributed by atoms with Crippen LogP contribution in [-0.4, -0.2) is 35.2 Å². The van der Waals surface area contributed by atoms with Crippen LogP contribution in [0.1, 0.15) is 234 Å². The third-order valence-electron chi connectivity index (χ3n) is 10.8. The number of nitrogens with zero attached hydrogens (tertiary/aromatic N) is 1. The summed E-state index contributed by atoms with van der Waals surface area (Å²) in [6, 6.07) is 0. The van der Waals surface area contributed by atoms with Crippen LogP contribution < -0.4 is 0 Å². The van der Waals surface area contributed by atoms with Crippen LogP contribution in [-0.2, 0) is 4.74 Å². The molecule has 47 heavy (non-hydrogen) atoms. The molecule has 0 spiro atoms. The van der Waals surface area contributed by atoms with E-state index in [2.05, 4.69) is 70.7 Å².